The van der Waals surface area contributed by atoms with Gasteiger partial charge >= 0.3 is 5.97 Å². The first-order valence-electron chi connectivity index (χ1n) is 8.59. The van der Waals surface area contributed by atoms with Gasteiger partial charge < -0.3 is 5.11 Å². The van der Waals surface area contributed by atoms with Crippen LogP contribution in [0.5, 0.6) is 0 Å². The maximum atomic E-state index is 13.4. The molecule has 0 aromatic carbocycles. The van der Waals surface area contributed by atoms with Crippen LogP contribution in [0.15, 0.2) is 4.90 Å². The summed E-state index contributed by atoms with van der Waals surface area (Å²) in [4.78, 5) is 11.9. The van der Waals surface area contributed by atoms with Gasteiger partial charge in [0.25, 0.3) is 0 Å². The van der Waals surface area contributed by atoms with Crippen LogP contribution in [-0.4, -0.2) is 45.7 Å². The lowest BCUT2D eigenvalue weighted by atomic mass is 9.85. The summed E-state index contributed by atoms with van der Waals surface area (Å²) < 4.78 is 29.7. The standard InChI is InChI=1S/C16H25N3O4S/c1-4-18-11(3)15(10(2)17-18)24(22,23)19-13-8-6-5-7-12(13)9-14(19)16(20)21/h12-14H,4-9H2,1-3H3,(H,20,21). The number of sulfonamides is 1. The van der Waals surface area contributed by atoms with E-state index < -0.39 is 22.0 Å². The Bertz CT molecular complexity index is 756. The first kappa shape index (κ1) is 17.4. The molecule has 0 amide bonds. The third-order valence-corrected chi connectivity index (χ3v) is 7.65. The zero-order valence-electron chi connectivity index (χ0n) is 14.4. The number of carboxylic acids is 1. The molecule has 134 valence electrons. The summed E-state index contributed by atoms with van der Waals surface area (Å²) in [5, 5.41) is 13.9. The summed E-state index contributed by atoms with van der Waals surface area (Å²) in [6.07, 6.45) is 4.07. The quantitative estimate of drug-likeness (QED) is 0.891. The number of hydrogen-bond acceptors (Lipinski definition) is 4. The van der Waals surface area contributed by atoms with Crippen molar-refractivity contribution in [3.63, 3.8) is 0 Å². The molecule has 2 heterocycles. The van der Waals surface area contributed by atoms with Gasteiger partial charge in [-0.15, -0.1) is 0 Å². The van der Waals surface area contributed by atoms with Gasteiger partial charge in [0, 0.05) is 12.6 Å². The van der Waals surface area contributed by atoms with E-state index in [9.17, 15) is 18.3 Å². The van der Waals surface area contributed by atoms with Crippen LogP contribution in [-0.2, 0) is 21.4 Å². The van der Waals surface area contributed by atoms with E-state index in [1.54, 1.807) is 18.5 Å². The highest BCUT2D eigenvalue weighted by atomic mass is 32.2. The molecule has 1 saturated heterocycles. The number of hydrogen-bond donors (Lipinski definition) is 1. The van der Waals surface area contributed by atoms with Crippen LogP contribution < -0.4 is 0 Å². The number of carboxylic acid groups (broad SMARTS) is 1. The van der Waals surface area contributed by atoms with Crippen molar-refractivity contribution in [1.29, 1.82) is 0 Å². The van der Waals surface area contributed by atoms with Gasteiger partial charge in [-0.3, -0.25) is 9.48 Å². The minimum absolute atomic E-state index is 0.149. The van der Waals surface area contributed by atoms with E-state index in [-0.39, 0.29) is 16.9 Å². The zero-order chi connectivity index (χ0) is 17.6. The number of aliphatic carboxylic acids is 1. The Morgan fingerprint density at radius 2 is 1.96 bits per heavy atom. The minimum Gasteiger partial charge on any atom is -0.480 e. The molecule has 1 aromatic heterocycles. The molecule has 0 bridgehead atoms. The fourth-order valence-corrected chi connectivity index (χ4v) is 6.69. The molecule has 24 heavy (non-hydrogen) atoms. The summed E-state index contributed by atoms with van der Waals surface area (Å²) >= 11 is 0. The molecule has 1 aromatic rings. The van der Waals surface area contributed by atoms with Crippen molar-refractivity contribution in [2.75, 3.05) is 0 Å². The minimum atomic E-state index is -3.88. The smallest absolute Gasteiger partial charge is 0.322 e. The molecular weight excluding hydrogens is 330 g/mol. The van der Waals surface area contributed by atoms with Crippen molar-refractivity contribution < 1.29 is 18.3 Å². The zero-order valence-corrected chi connectivity index (χ0v) is 15.2. The second-order valence-electron chi connectivity index (χ2n) is 6.85. The first-order valence-corrected chi connectivity index (χ1v) is 10.0. The number of fused-ring (bicyclic) bond motifs is 1. The van der Waals surface area contributed by atoms with Crippen LogP contribution in [0.1, 0.15) is 50.4 Å². The van der Waals surface area contributed by atoms with E-state index in [1.165, 1.54) is 4.31 Å². The Balaban J connectivity index is 2.10. The molecule has 0 spiro atoms. The highest BCUT2D eigenvalue weighted by molar-refractivity contribution is 7.89. The van der Waals surface area contributed by atoms with Gasteiger partial charge in [-0.1, -0.05) is 12.8 Å². The lowest BCUT2D eigenvalue weighted by Crippen LogP contribution is -2.46. The topological polar surface area (TPSA) is 92.5 Å². The van der Waals surface area contributed by atoms with Gasteiger partial charge in [0.1, 0.15) is 10.9 Å². The van der Waals surface area contributed by atoms with E-state index in [1.807, 2.05) is 6.92 Å². The van der Waals surface area contributed by atoms with Gasteiger partial charge in [0.05, 0.1) is 11.4 Å². The van der Waals surface area contributed by atoms with E-state index in [4.69, 9.17) is 0 Å². The van der Waals surface area contributed by atoms with Gasteiger partial charge in [-0.05, 0) is 46.0 Å². The largest absolute Gasteiger partial charge is 0.480 e. The summed E-state index contributed by atoms with van der Waals surface area (Å²) in [6.45, 7) is 5.90. The van der Waals surface area contributed by atoms with Gasteiger partial charge in [-0.2, -0.15) is 9.40 Å². The molecule has 7 nitrogen and oxygen atoms in total. The van der Waals surface area contributed by atoms with Crippen LogP contribution >= 0.6 is 0 Å². The Kier molecular flexibility index (Phi) is 4.46. The Morgan fingerprint density at radius 3 is 2.54 bits per heavy atom. The Labute approximate surface area is 142 Å². The summed E-state index contributed by atoms with van der Waals surface area (Å²) in [7, 11) is -3.88. The molecule has 1 N–H and O–H groups in total. The maximum absolute atomic E-state index is 13.4. The molecule has 2 aliphatic rings. The fraction of sp³-hybridized carbons (Fsp3) is 0.750. The number of rotatable bonds is 4. The molecule has 1 aliphatic carbocycles. The van der Waals surface area contributed by atoms with Crippen molar-refractivity contribution in [3.05, 3.63) is 11.4 Å². The molecule has 0 radical (unpaired) electrons. The van der Waals surface area contributed by atoms with Crippen LogP contribution in [0, 0.1) is 19.8 Å². The van der Waals surface area contributed by atoms with Crippen LogP contribution in [0.3, 0.4) is 0 Å². The Morgan fingerprint density at radius 1 is 1.29 bits per heavy atom. The summed E-state index contributed by atoms with van der Waals surface area (Å²) in [5.74, 6) is -0.900. The van der Waals surface area contributed by atoms with Gasteiger partial charge in [0.15, 0.2) is 0 Å². The number of aryl methyl sites for hydroxylation is 2. The van der Waals surface area contributed by atoms with Crippen LogP contribution in [0.4, 0.5) is 0 Å². The van der Waals surface area contributed by atoms with Crippen molar-refractivity contribution in [2.45, 2.75) is 76.4 Å². The molecular formula is C16H25N3O4S. The molecule has 3 rings (SSSR count). The van der Waals surface area contributed by atoms with E-state index in [0.29, 0.717) is 24.4 Å². The predicted molar refractivity (Wildman–Crippen MR) is 88.2 cm³/mol. The molecule has 1 aliphatic heterocycles. The van der Waals surface area contributed by atoms with Gasteiger partial charge in [0.2, 0.25) is 10.0 Å². The molecule has 8 heteroatoms. The van der Waals surface area contributed by atoms with Crippen LogP contribution in [0.25, 0.3) is 0 Å². The normalized spacial score (nSPS) is 28.0. The third-order valence-electron chi connectivity index (χ3n) is 5.46. The number of aromatic nitrogens is 2. The Hall–Kier alpha value is -1.41. The second kappa shape index (κ2) is 6.15. The lowest BCUT2D eigenvalue weighted by molar-refractivity contribution is -0.141. The average Bonchev–Trinajstić information content (AvgIpc) is 3.05. The maximum Gasteiger partial charge on any atom is 0.322 e. The fourth-order valence-electron chi connectivity index (χ4n) is 4.44. The average molecular weight is 355 g/mol. The molecule has 2 fully saturated rings. The van der Waals surface area contributed by atoms with E-state index in [2.05, 4.69) is 5.10 Å². The van der Waals surface area contributed by atoms with Crippen molar-refractivity contribution in [1.82, 2.24) is 14.1 Å². The van der Waals surface area contributed by atoms with Gasteiger partial charge in [-0.25, -0.2) is 8.42 Å². The van der Waals surface area contributed by atoms with Crippen molar-refractivity contribution >= 4 is 16.0 Å². The summed E-state index contributed by atoms with van der Waals surface area (Å²) in [5.41, 5.74) is 1.02. The predicted octanol–water partition coefficient (Wildman–Crippen LogP) is 1.93. The van der Waals surface area contributed by atoms with E-state index in [0.717, 1.165) is 25.7 Å². The monoisotopic (exact) mass is 355 g/mol. The molecule has 3 unspecified atom stereocenters. The van der Waals surface area contributed by atoms with Crippen LogP contribution in [0.2, 0.25) is 0 Å². The van der Waals surface area contributed by atoms with E-state index >= 15 is 0 Å². The summed E-state index contributed by atoms with van der Waals surface area (Å²) in [6, 6.07) is -1.17. The second-order valence-corrected chi connectivity index (χ2v) is 8.63. The lowest BCUT2D eigenvalue weighted by Gasteiger charge is -2.32. The number of nitrogens with zero attached hydrogens (tertiary/aromatic N) is 3. The third kappa shape index (κ3) is 2.56. The molecule has 3 atom stereocenters. The first-order chi connectivity index (χ1) is 11.3. The van der Waals surface area contributed by atoms with Crippen molar-refractivity contribution in [2.24, 2.45) is 5.92 Å². The van der Waals surface area contributed by atoms with Crippen molar-refractivity contribution in [3.8, 4) is 0 Å². The highest BCUT2D eigenvalue weighted by Crippen LogP contribution is 2.43. The number of carbonyl (C=O) groups is 1. The highest BCUT2D eigenvalue weighted by Gasteiger charge is 2.52. The SMILES string of the molecule is CCn1nc(C)c(S(=O)(=O)N2C(C(=O)O)CC3CCCCC32)c1C. The molecule has 1 saturated carbocycles.